The van der Waals surface area contributed by atoms with Gasteiger partial charge >= 0.3 is 0 Å². The summed E-state index contributed by atoms with van der Waals surface area (Å²) in [6.45, 7) is 5.98. The molecule has 1 heterocycles. The molecule has 0 saturated carbocycles. The molecule has 1 amide bonds. The van der Waals surface area contributed by atoms with Crippen LogP contribution < -0.4 is 10.1 Å². The molecule has 1 aromatic heterocycles. The van der Waals surface area contributed by atoms with Crippen molar-refractivity contribution in [3.05, 3.63) is 53.3 Å². The topological polar surface area (TPSA) is 63.5 Å². The van der Waals surface area contributed by atoms with Gasteiger partial charge in [-0.3, -0.25) is 4.79 Å². The lowest BCUT2D eigenvalue weighted by atomic mass is 10.1. The van der Waals surface area contributed by atoms with Gasteiger partial charge in [-0.05, 0) is 50.6 Å². The zero-order valence-corrected chi connectivity index (χ0v) is 14.0. The first-order valence-corrected chi connectivity index (χ1v) is 7.73. The van der Waals surface area contributed by atoms with Crippen LogP contribution in [-0.2, 0) is 7.05 Å². The molecule has 2 rings (SSSR count). The van der Waals surface area contributed by atoms with Crippen LogP contribution in [0.15, 0.2) is 36.4 Å². The van der Waals surface area contributed by atoms with E-state index in [1.807, 2.05) is 56.7 Å². The first-order chi connectivity index (χ1) is 10.9. The Morgan fingerprint density at radius 3 is 2.65 bits per heavy atom. The molecule has 0 radical (unpaired) electrons. The number of aliphatic hydroxyl groups excluding tert-OH is 1. The van der Waals surface area contributed by atoms with E-state index in [-0.39, 0.29) is 18.6 Å². The Balaban J connectivity index is 1.98. The molecule has 0 bridgehead atoms. The Morgan fingerprint density at radius 1 is 1.30 bits per heavy atom. The highest BCUT2D eigenvalue weighted by Crippen LogP contribution is 2.20. The number of nitrogens with zero attached hydrogens (tertiary/aromatic N) is 1. The van der Waals surface area contributed by atoms with E-state index in [2.05, 4.69) is 5.32 Å². The summed E-state index contributed by atoms with van der Waals surface area (Å²) in [6.07, 6.45) is -0.710. The predicted octanol–water partition coefficient (Wildman–Crippen LogP) is 2.58. The molecule has 0 fully saturated rings. The van der Waals surface area contributed by atoms with Crippen LogP contribution in [0.5, 0.6) is 5.75 Å². The second kappa shape index (κ2) is 7.33. The third-order valence-corrected chi connectivity index (χ3v) is 3.68. The van der Waals surface area contributed by atoms with Gasteiger partial charge in [0.05, 0.1) is 12.2 Å². The fourth-order valence-corrected chi connectivity index (χ4v) is 2.31. The van der Waals surface area contributed by atoms with E-state index in [1.165, 1.54) is 0 Å². The van der Waals surface area contributed by atoms with Crippen molar-refractivity contribution >= 4 is 5.91 Å². The number of amides is 1. The van der Waals surface area contributed by atoms with Crippen molar-refractivity contribution in [1.82, 2.24) is 9.88 Å². The highest BCUT2D eigenvalue weighted by molar-refractivity contribution is 5.92. The third kappa shape index (κ3) is 4.36. The minimum atomic E-state index is -0.781. The number of aliphatic hydroxyl groups is 1. The summed E-state index contributed by atoms with van der Waals surface area (Å²) in [5, 5.41) is 13.0. The van der Waals surface area contributed by atoms with Crippen molar-refractivity contribution < 1.29 is 14.6 Å². The fourth-order valence-electron chi connectivity index (χ4n) is 2.31. The molecule has 1 atom stereocenters. The molecule has 0 aliphatic heterocycles. The van der Waals surface area contributed by atoms with Crippen LogP contribution in [0.1, 0.15) is 41.7 Å². The van der Waals surface area contributed by atoms with E-state index in [0.29, 0.717) is 17.0 Å². The number of aryl methyl sites for hydroxylation is 1. The number of benzene rings is 1. The number of hydrogen-bond donors (Lipinski definition) is 2. The van der Waals surface area contributed by atoms with Crippen LogP contribution in [0.25, 0.3) is 0 Å². The normalized spacial score (nSPS) is 12.3. The summed E-state index contributed by atoms with van der Waals surface area (Å²) in [6, 6.07) is 11.0. The molecular formula is C18H24N2O3. The molecule has 124 valence electrons. The number of rotatable bonds is 6. The van der Waals surface area contributed by atoms with Gasteiger partial charge in [-0.25, -0.2) is 0 Å². The predicted molar refractivity (Wildman–Crippen MR) is 89.6 cm³/mol. The van der Waals surface area contributed by atoms with Crippen LogP contribution in [-0.4, -0.2) is 28.2 Å². The average molecular weight is 316 g/mol. The largest absolute Gasteiger partial charge is 0.491 e. The lowest BCUT2D eigenvalue weighted by Crippen LogP contribution is -2.29. The molecule has 0 spiro atoms. The van der Waals surface area contributed by atoms with E-state index in [9.17, 15) is 9.90 Å². The van der Waals surface area contributed by atoms with Gasteiger partial charge in [0, 0.05) is 19.3 Å². The Labute approximate surface area is 136 Å². The molecule has 5 nitrogen and oxygen atoms in total. The molecule has 0 saturated heterocycles. The zero-order chi connectivity index (χ0) is 17.0. The monoisotopic (exact) mass is 316 g/mol. The minimum absolute atomic E-state index is 0.0719. The number of carbonyl (C=O) groups is 1. The molecule has 23 heavy (non-hydrogen) atoms. The molecule has 2 N–H and O–H groups in total. The van der Waals surface area contributed by atoms with Crippen LogP contribution >= 0.6 is 0 Å². The van der Waals surface area contributed by atoms with E-state index in [1.54, 1.807) is 12.1 Å². The number of carbonyl (C=O) groups excluding carboxylic acids is 1. The van der Waals surface area contributed by atoms with Gasteiger partial charge in [0.15, 0.2) is 0 Å². The van der Waals surface area contributed by atoms with Crippen LogP contribution in [0.3, 0.4) is 0 Å². The minimum Gasteiger partial charge on any atom is -0.491 e. The summed E-state index contributed by atoms with van der Waals surface area (Å²) in [7, 11) is 1.84. The van der Waals surface area contributed by atoms with Gasteiger partial charge in [0.25, 0.3) is 5.91 Å². The quantitative estimate of drug-likeness (QED) is 0.861. The van der Waals surface area contributed by atoms with E-state index in [0.717, 1.165) is 5.69 Å². The number of ether oxygens (including phenoxy) is 1. The Hall–Kier alpha value is -2.27. The summed E-state index contributed by atoms with van der Waals surface area (Å²) in [5.74, 6) is 0.509. The van der Waals surface area contributed by atoms with Crippen LogP contribution in [0, 0.1) is 6.92 Å². The van der Waals surface area contributed by atoms with E-state index < -0.39 is 6.10 Å². The Morgan fingerprint density at radius 2 is 2.04 bits per heavy atom. The highest BCUT2D eigenvalue weighted by atomic mass is 16.5. The van der Waals surface area contributed by atoms with Gasteiger partial charge < -0.3 is 19.7 Å². The van der Waals surface area contributed by atoms with E-state index in [4.69, 9.17) is 4.74 Å². The standard InChI is InChI=1S/C18H24N2O3/c1-12(2)23-15-7-5-6-14(10-15)17(21)11-19-18(22)16-9-8-13(3)20(16)4/h5-10,12,17,21H,11H2,1-4H3,(H,19,22)/t17-/m0/s1. The molecule has 1 aromatic carbocycles. The van der Waals surface area contributed by atoms with Crippen molar-refractivity contribution in [2.75, 3.05) is 6.54 Å². The van der Waals surface area contributed by atoms with Crippen molar-refractivity contribution in [3.63, 3.8) is 0 Å². The van der Waals surface area contributed by atoms with Gasteiger partial charge in [0.2, 0.25) is 0 Å². The van der Waals surface area contributed by atoms with Gasteiger partial charge in [-0.1, -0.05) is 12.1 Å². The lowest BCUT2D eigenvalue weighted by molar-refractivity contribution is 0.0908. The maximum Gasteiger partial charge on any atom is 0.268 e. The zero-order valence-electron chi connectivity index (χ0n) is 14.0. The second-order valence-corrected chi connectivity index (χ2v) is 5.88. The van der Waals surface area contributed by atoms with Crippen molar-refractivity contribution in [2.24, 2.45) is 7.05 Å². The molecule has 0 aliphatic rings. The highest BCUT2D eigenvalue weighted by Gasteiger charge is 2.14. The molecule has 2 aromatic rings. The van der Waals surface area contributed by atoms with Crippen LogP contribution in [0.2, 0.25) is 0 Å². The maximum atomic E-state index is 12.2. The number of hydrogen-bond acceptors (Lipinski definition) is 3. The smallest absolute Gasteiger partial charge is 0.268 e. The van der Waals surface area contributed by atoms with Gasteiger partial charge in [-0.2, -0.15) is 0 Å². The summed E-state index contributed by atoms with van der Waals surface area (Å²) in [5.41, 5.74) is 2.30. The third-order valence-electron chi connectivity index (χ3n) is 3.68. The summed E-state index contributed by atoms with van der Waals surface area (Å²) in [4.78, 5) is 12.2. The SMILES string of the molecule is Cc1ccc(C(=O)NC[C@H](O)c2cccc(OC(C)C)c2)n1C. The number of aromatic nitrogens is 1. The molecule has 5 heteroatoms. The Bertz CT molecular complexity index is 677. The maximum absolute atomic E-state index is 12.2. The molecular weight excluding hydrogens is 292 g/mol. The molecule has 0 unspecified atom stereocenters. The summed E-state index contributed by atoms with van der Waals surface area (Å²) < 4.78 is 7.43. The fraction of sp³-hybridized carbons (Fsp3) is 0.389. The summed E-state index contributed by atoms with van der Waals surface area (Å²) >= 11 is 0. The lowest BCUT2D eigenvalue weighted by Gasteiger charge is -2.15. The molecule has 0 aliphatic carbocycles. The van der Waals surface area contributed by atoms with Gasteiger partial charge in [0.1, 0.15) is 11.4 Å². The second-order valence-electron chi connectivity index (χ2n) is 5.88. The van der Waals surface area contributed by atoms with Crippen molar-refractivity contribution in [2.45, 2.75) is 33.0 Å². The van der Waals surface area contributed by atoms with Crippen molar-refractivity contribution in [1.29, 1.82) is 0 Å². The number of nitrogens with one attached hydrogen (secondary N) is 1. The first-order valence-electron chi connectivity index (χ1n) is 7.73. The van der Waals surface area contributed by atoms with Crippen molar-refractivity contribution in [3.8, 4) is 5.75 Å². The van der Waals surface area contributed by atoms with Crippen LogP contribution in [0.4, 0.5) is 0 Å². The Kier molecular flexibility index (Phi) is 5.45. The van der Waals surface area contributed by atoms with E-state index >= 15 is 0 Å². The van der Waals surface area contributed by atoms with Gasteiger partial charge in [-0.15, -0.1) is 0 Å². The first kappa shape index (κ1) is 17.1. The average Bonchev–Trinajstić information content (AvgIpc) is 2.84.